The molecule has 5 nitrogen and oxygen atoms in total. The van der Waals surface area contributed by atoms with Gasteiger partial charge in [0.1, 0.15) is 0 Å². The van der Waals surface area contributed by atoms with Crippen LogP contribution >= 0.6 is 0 Å². The molecule has 2 N–H and O–H groups in total. The maximum Gasteiger partial charge on any atom is 0.321 e. The topological polar surface area (TPSA) is 61.4 Å². The third-order valence-electron chi connectivity index (χ3n) is 4.27. The summed E-state index contributed by atoms with van der Waals surface area (Å²) in [4.78, 5) is 26.0. The van der Waals surface area contributed by atoms with Crippen molar-refractivity contribution in [2.24, 2.45) is 11.8 Å². The molecule has 3 rings (SSSR count). The summed E-state index contributed by atoms with van der Waals surface area (Å²) < 4.78 is 0. The van der Waals surface area contributed by atoms with Gasteiger partial charge in [-0.05, 0) is 37.3 Å². The maximum atomic E-state index is 12.2. The zero-order valence-electron chi connectivity index (χ0n) is 12.3. The minimum absolute atomic E-state index is 0.0466. The minimum atomic E-state index is -0.0889. The van der Waals surface area contributed by atoms with Gasteiger partial charge in [-0.3, -0.25) is 4.79 Å². The van der Waals surface area contributed by atoms with Crippen LogP contribution in [0.25, 0.3) is 0 Å². The third kappa shape index (κ3) is 3.17. The van der Waals surface area contributed by atoms with E-state index in [0.717, 1.165) is 32.4 Å². The number of anilines is 2. The van der Waals surface area contributed by atoms with Gasteiger partial charge in [0, 0.05) is 19.0 Å². The summed E-state index contributed by atoms with van der Waals surface area (Å²) in [5.41, 5.74) is 1.34. The molecule has 5 heteroatoms. The number of benzene rings is 1. The lowest BCUT2D eigenvalue weighted by Crippen LogP contribution is -2.32. The number of nitrogens with one attached hydrogen (secondary N) is 2. The van der Waals surface area contributed by atoms with Gasteiger partial charge in [0.05, 0.1) is 11.4 Å². The van der Waals surface area contributed by atoms with Gasteiger partial charge in [0.2, 0.25) is 5.91 Å². The van der Waals surface area contributed by atoms with E-state index in [9.17, 15) is 9.59 Å². The average Bonchev–Trinajstić information content (AvgIpc) is 2.99. The molecule has 0 spiro atoms. The van der Waals surface area contributed by atoms with Crippen molar-refractivity contribution in [3.05, 3.63) is 24.3 Å². The van der Waals surface area contributed by atoms with Crippen LogP contribution in [0.2, 0.25) is 0 Å². The molecule has 2 aliphatic rings. The van der Waals surface area contributed by atoms with Crippen LogP contribution in [0.3, 0.4) is 0 Å². The first-order chi connectivity index (χ1) is 10.1. The van der Waals surface area contributed by atoms with Crippen molar-refractivity contribution in [1.29, 1.82) is 0 Å². The highest BCUT2D eigenvalue weighted by Gasteiger charge is 2.39. The SMILES string of the molecule is C[C@H]1C[C@H]1C(=O)Nc1ccccc1NC(=O)N1CCCC1. The van der Waals surface area contributed by atoms with Gasteiger partial charge in [-0.1, -0.05) is 19.1 Å². The van der Waals surface area contributed by atoms with Crippen molar-refractivity contribution < 1.29 is 9.59 Å². The van der Waals surface area contributed by atoms with Crippen LogP contribution in [0.4, 0.5) is 16.2 Å². The van der Waals surface area contributed by atoms with Crippen molar-refractivity contribution in [3.63, 3.8) is 0 Å². The number of carbonyl (C=O) groups excluding carboxylic acids is 2. The molecule has 1 aromatic rings. The largest absolute Gasteiger partial charge is 0.325 e. The summed E-state index contributed by atoms with van der Waals surface area (Å²) in [6.45, 7) is 3.69. The van der Waals surface area contributed by atoms with Gasteiger partial charge in [-0.2, -0.15) is 0 Å². The van der Waals surface area contributed by atoms with Gasteiger partial charge in [0.15, 0.2) is 0 Å². The summed E-state index contributed by atoms with van der Waals surface area (Å²) in [6, 6.07) is 7.27. The molecular weight excluding hydrogens is 266 g/mol. The molecule has 1 saturated carbocycles. The van der Waals surface area contributed by atoms with E-state index in [0.29, 0.717) is 17.3 Å². The Balaban J connectivity index is 1.67. The first-order valence-electron chi connectivity index (χ1n) is 7.61. The predicted molar refractivity (Wildman–Crippen MR) is 82.2 cm³/mol. The number of para-hydroxylation sites is 2. The molecule has 2 fully saturated rings. The van der Waals surface area contributed by atoms with Gasteiger partial charge < -0.3 is 15.5 Å². The quantitative estimate of drug-likeness (QED) is 0.898. The number of hydrogen-bond acceptors (Lipinski definition) is 2. The van der Waals surface area contributed by atoms with E-state index in [-0.39, 0.29) is 17.9 Å². The smallest absolute Gasteiger partial charge is 0.321 e. The summed E-state index contributed by atoms with van der Waals surface area (Å²) >= 11 is 0. The van der Waals surface area contributed by atoms with E-state index >= 15 is 0 Å². The molecule has 1 aliphatic carbocycles. The van der Waals surface area contributed by atoms with Gasteiger partial charge in [-0.15, -0.1) is 0 Å². The number of carbonyl (C=O) groups is 2. The van der Waals surface area contributed by atoms with Crippen LogP contribution in [-0.2, 0) is 4.79 Å². The van der Waals surface area contributed by atoms with Gasteiger partial charge in [-0.25, -0.2) is 4.79 Å². The standard InChI is InChI=1S/C16H21N3O2/c1-11-10-12(11)15(20)17-13-6-2-3-7-14(13)18-16(21)19-8-4-5-9-19/h2-3,6-7,11-12H,4-5,8-10H2,1H3,(H,17,20)(H,18,21)/t11-,12+/m0/s1. The molecule has 0 aromatic heterocycles. The number of urea groups is 1. The second-order valence-electron chi connectivity index (χ2n) is 5.98. The number of nitrogens with zero attached hydrogens (tertiary/aromatic N) is 1. The second-order valence-corrected chi connectivity index (χ2v) is 5.98. The molecular formula is C16H21N3O2. The highest BCUT2D eigenvalue weighted by molar-refractivity contribution is 6.00. The van der Waals surface area contributed by atoms with E-state index in [1.165, 1.54) is 0 Å². The Hall–Kier alpha value is -2.04. The van der Waals surface area contributed by atoms with Crippen LogP contribution in [0, 0.1) is 11.8 Å². The molecule has 112 valence electrons. The minimum Gasteiger partial charge on any atom is -0.325 e. The first-order valence-corrected chi connectivity index (χ1v) is 7.61. The van der Waals surface area contributed by atoms with Crippen LogP contribution in [0.15, 0.2) is 24.3 Å². The van der Waals surface area contributed by atoms with Crippen LogP contribution in [-0.4, -0.2) is 29.9 Å². The lowest BCUT2D eigenvalue weighted by Gasteiger charge is -2.18. The van der Waals surface area contributed by atoms with Crippen molar-refractivity contribution in [3.8, 4) is 0 Å². The second kappa shape index (κ2) is 5.76. The molecule has 3 amide bonds. The Morgan fingerprint density at radius 3 is 2.24 bits per heavy atom. The molecule has 1 aromatic carbocycles. The van der Waals surface area contributed by atoms with Crippen LogP contribution in [0.5, 0.6) is 0 Å². The number of rotatable bonds is 3. The molecule has 1 heterocycles. The van der Waals surface area contributed by atoms with Crippen molar-refractivity contribution >= 4 is 23.3 Å². The number of likely N-dealkylation sites (tertiary alicyclic amines) is 1. The highest BCUT2D eigenvalue weighted by Crippen LogP contribution is 2.39. The summed E-state index contributed by atoms with van der Waals surface area (Å²) in [6.07, 6.45) is 3.07. The van der Waals surface area contributed by atoms with Crippen LogP contribution < -0.4 is 10.6 Å². The molecule has 1 aliphatic heterocycles. The van der Waals surface area contributed by atoms with E-state index in [1.807, 2.05) is 29.2 Å². The Morgan fingerprint density at radius 1 is 1.10 bits per heavy atom. The highest BCUT2D eigenvalue weighted by atomic mass is 16.2. The molecule has 0 bridgehead atoms. The van der Waals surface area contributed by atoms with Crippen molar-refractivity contribution in [2.45, 2.75) is 26.2 Å². The van der Waals surface area contributed by atoms with E-state index < -0.39 is 0 Å². The summed E-state index contributed by atoms with van der Waals surface area (Å²) in [7, 11) is 0. The van der Waals surface area contributed by atoms with E-state index in [1.54, 1.807) is 0 Å². The van der Waals surface area contributed by atoms with E-state index in [2.05, 4.69) is 17.6 Å². The fraction of sp³-hybridized carbons (Fsp3) is 0.500. The summed E-state index contributed by atoms with van der Waals surface area (Å²) in [5.74, 6) is 0.633. The third-order valence-corrected chi connectivity index (χ3v) is 4.27. The van der Waals surface area contributed by atoms with Crippen molar-refractivity contribution in [2.75, 3.05) is 23.7 Å². The Morgan fingerprint density at radius 2 is 1.67 bits per heavy atom. The molecule has 0 radical (unpaired) electrons. The summed E-state index contributed by atoms with van der Waals surface area (Å²) in [5, 5.41) is 5.83. The van der Waals surface area contributed by atoms with E-state index in [4.69, 9.17) is 0 Å². The lowest BCUT2D eigenvalue weighted by molar-refractivity contribution is -0.117. The fourth-order valence-electron chi connectivity index (χ4n) is 2.73. The zero-order chi connectivity index (χ0) is 14.8. The first kappa shape index (κ1) is 13.9. The monoisotopic (exact) mass is 287 g/mol. The molecule has 21 heavy (non-hydrogen) atoms. The number of amides is 3. The lowest BCUT2D eigenvalue weighted by atomic mass is 10.2. The maximum absolute atomic E-state index is 12.2. The van der Waals surface area contributed by atoms with Crippen LogP contribution in [0.1, 0.15) is 26.2 Å². The number of hydrogen-bond donors (Lipinski definition) is 2. The molecule has 0 unspecified atom stereocenters. The predicted octanol–water partition coefficient (Wildman–Crippen LogP) is 2.91. The Labute approximate surface area is 124 Å². The average molecular weight is 287 g/mol. The molecule has 1 saturated heterocycles. The zero-order valence-corrected chi connectivity index (χ0v) is 12.3. The fourth-order valence-corrected chi connectivity index (χ4v) is 2.73. The van der Waals surface area contributed by atoms with Gasteiger partial charge >= 0.3 is 6.03 Å². The normalized spacial score (nSPS) is 23.8. The van der Waals surface area contributed by atoms with Gasteiger partial charge in [0.25, 0.3) is 0 Å². The van der Waals surface area contributed by atoms with Crippen molar-refractivity contribution in [1.82, 2.24) is 4.90 Å². The Kier molecular flexibility index (Phi) is 3.82. The molecule has 2 atom stereocenters. The Bertz CT molecular complexity index is 552.